The van der Waals surface area contributed by atoms with Crippen molar-refractivity contribution in [1.82, 2.24) is 15.0 Å². The number of aromatic amines is 1. The molecular formula is C18H21F2N7O. The van der Waals surface area contributed by atoms with Crippen LogP contribution >= 0.6 is 0 Å². The average Bonchev–Trinajstić information content (AvgIpc) is 3.13. The molecule has 3 rings (SSSR count). The van der Waals surface area contributed by atoms with Gasteiger partial charge in [-0.15, -0.1) is 0 Å². The molecule has 0 radical (unpaired) electrons. The molecule has 1 aromatic carbocycles. The maximum atomic E-state index is 12.4. The van der Waals surface area contributed by atoms with E-state index >= 15 is 0 Å². The summed E-state index contributed by atoms with van der Waals surface area (Å²) in [6, 6.07) is 6.84. The second-order valence-electron chi connectivity index (χ2n) is 6.34. The molecule has 8 nitrogen and oxygen atoms in total. The molecule has 0 unspecified atom stereocenters. The van der Waals surface area contributed by atoms with Gasteiger partial charge in [0.15, 0.2) is 5.82 Å². The normalized spacial score (nSPS) is 12.3. The lowest BCUT2D eigenvalue weighted by Gasteiger charge is -2.22. The molecule has 0 bridgehead atoms. The Labute approximate surface area is 159 Å². The minimum absolute atomic E-state index is 0.0663. The third-order valence-electron chi connectivity index (χ3n) is 4.29. The van der Waals surface area contributed by atoms with E-state index in [0.29, 0.717) is 5.82 Å². The molecule has 0 aliphatic heterocycles. The number of carbonyl (C=O) groups excluding carboxylic acids is 1. The van der Waals surface area contributed by atoms with Gasteiger partial charge in [-0.2, -0.15) is 4.98 Å². The number of anilines is 3. The number of hydrogen-bond acceptors (Lipinski definition) is 6. The molecule has 2 heterocycles. The monoisotopic (exact) mass is 389 g/mol. The van der Waals surface area contributed by atoms with E-state index < -0.39 is 24.8 Å². The molecule has 28 heavy (non-hydrogen) atoms. The maximum absolute atomic E-state index is 12.4. The van der Waals surface area contributed by atoms with Crippen LogP contribution in [0.2, 0.25) is 0 Å². The molecule has 1 amide bonds. The highest BCUT2D eigenvalue weighted by Gasteiger charge is 2.19. The van der Waals surface area contributed by atoms with Crippen LogP contribution in [0, 0.1) is 0 Å². The first-order chi connectivity index (χ1) is 13.4. The number of benzene rings is 1. The van der Waals surface area contributed by atoms with Crippen LogP contribution in [0.5, 0.6) is 0 Å². The first-order valence-electron chi connectivity index (χ1n) is 8.61. The summed E-state index contributed by atoms with van der Waals surface area (Å²) in [5.74, 6) is -0.219. The highest BCUT2D eigenvalue weighted by atomic mass is 19.3. The lowest BCUT2D eigenvalue weighted by atomic mass is 10.2. The number of primary amides is 1. The number of H-pyrrole nitrogens is 1. The summed E-state index contributed by atoms with van der Waals surface area (Å²) in [4.78, 5) is 25.1. The van der Waals surface area contributed by atoms with E-state index in [-0.39, 0.29) is 18.1 Å². The molecular weight excluding hydrogens is 368 g/mol. The van der Waals surface area contributed by atoms with Gasteiger partial charge in [0.25, 0.3) is 5.91 Å². The van der Waals surface area contributed by atoms with Gasteiger partial charge in [-0.3, -0.25) is 4.79 Å². The number of nitrogens with one attached hydrogen (secondary N) is 2. The fraction of sp³-hybridized carbons (Fsp3) is 0.278. The number of aromatic nitrogens is 3. The van der Waals surface area contributed by atoms with E-state index in [1.807, 2.05) is 30.5 Å². The summed E-state index contributed by atoms with van der Waals surface area (Å²) < 4.78 is 24.8. The van der Waals surface area contributed by atoms with E-state index in [0.717, 1.165) is 16.6 Å². The van der Waals surface area contributed by atoms with Gasteiger partial charge in [-0.1, -0.05) is 6.07 Å². The van der Waals surface area contributed by atoms with E-state index in [4.69, 9.17) is 11.5 Å². The molecule has 6 N–H and O–H groups in total. The fourth-order valence-electron chi connectivity index (χ4n) is 2.90. The zero-order valence-electron chi connectivity index (χ0n) is 15.2. The standard InChI is InChI=1S/C18H21F2N7O/c1-27(14-4-2-3-13-11(14)5-6-23-13)17-12(16(22)28)9-25-18(26-17)24-8-10(21)7-15(19)20/h2-6,9-10,15,23H,7-8,21H2,1H3,(H2,22,28)(H,24,25,26)/t10-/m0/s1. The zero-order chi connectivity index (χ0) is 20.3. The highest BCUT2D eigenvalue weighted by molar-refractivity contribution is 6.00. The average molecular weight is 389 g/mol. The Morgan fingerprint density at radius 3 is 2.86 bits per heavy atom. The van der Waals surface area contributed by atoms with Gasteiger partial charge in [-0.05, 0) is 18.2 Å². The lowest BCUT2D eigenvalue weighted by Crippen LogP contribution is -2.31. The van der Waals surface area contributed by atoms with Crippen molar-refractivity contribution in [2.24, 2.45) is 11.5 Å². The van der Waals surface area contributed by atoms with Crippen LogP contribution in [-0.4, -0.2) is 46.9 Å². The highest BCUT2D eigenvalue weighted by Crippen LogP contribution is 2.31. The van der Waals surface area contributed by atoms with Crippen molar-refractivity contribution in [3.05, 3.63) is 42.2 Å². The van der Waals surface area contributed by atoms with Gasteiger partial charge in [0, 0.05) is 49.4 Å². The van der Waals surface area contributed by atoms with E-state index in [1.165, 1.54) is 6.20 Å². The van der Waals surface area contributed by atoms with Crippen molar-refractivity contribution < 1.29 is 13.6 Å². The van der Waals surface area contributed by atoms with E-state index in [2.05, 4.69) is 20.3 Å². The van der Waals surface area contributed by atoms with Crippen LogP contribution in [0.25, 0.3) is 10.9 Å². The molecule has 0 saturated heterocycles. The van der Waals surface area contributed by atoms with Crippen molar-refractivity contribution in [3.63, 3.8) is 0 Å². The van der Waals surface area contributed by atoms with Gasteiger partial charge in [-0.25, -0.2) is 13.8 Å². The Morgan fingerprint density at radius 2 is 2.14 bits per heavy atom. The summed E-state index contributed by atoms with van der Waals surface area (Å²) in [5, 5.41) is 3.77. The van der Waals surface area contributed by atoms with Crippen molar-refractivity contribution in [2.45, 2.75) is 18.9 Å². The van der Waals surface area contributed by atoms with Crippen LogP contribution in [0.15, 0.2) is 36.7 Å². The predicted molar refractivity (Wildman–Crippen MR) is 104 cm³/mol. The van der Waals surface area contributed by atoms with Crippen LogP contribution in [0.3, 0.4) is 0 Å². The summed E-state index contributed by atoms with van der Waals surface area (Å²) in [6.07, 6.45) is 0.195. The van der Waals surface area contributed by atoms with Crippen LogP contribution in [-0.2, 0) is 0 Å². The van der Waals surface area contributed by atoms with E-state index in [1.54, 1.807) is 11.9 Å². The molecule has 0 fully saturated rings. The number of amides is 1. The largest absolute Gasteiger partial charge is 0.365 e. The molecule has 0 aliphatic carbocycles. The molecule has 10 heteroatoms. The van der Waals surface area contributed by atoms with Crippen molar-refractivity contribution in [1.29, 1.82) is 0 Å². The third kappa shape index (κ3) is 4.17. The SMILES string of the molecule is CN(c1nc(NC[C@@H](N)CC(F)F)ncc1C(N)=O)c1cccc2[nH]ccc12. The first-order valence-corrected chi connectivity index (χ1v) is 8.61. The van der Waals surface area contributed by atoms with Crippen LogP contribution in [0.4, 0.5) is 26.2 Å². The minimum atomic E-state index is -2.49. The Bertz CT molecular complexity index is 975. The summed E-state index contributed by atoms with van der Waals surface area (Å²) in [5.41, 5.74) is 13.0. The maximum Gasteiger partial charge on any atom is 0.254 e. The predicted octanol–water partition coefficient (Wildman–Crippen LogP) is 2.22. The Hall–Kier alpha value is -3.27. The summed E-state index contributed by atoms with van der Waals surface area (Å²) in [7, 11) is 1.75. The second kappa shape index (κ2) is 8.17. The summed E-state index contributed by atoms with van der Waals surface area (Å²) in [6.45, 7) is 0.0663. The second-order valence-corrected chi connectivity index (χ2v) is 6.34. The number of hydrogen-bond donors (Lipinski definition) is 4. The van der Waals surface area contributed by atoms with Crippen molar-refractivity contribution in [2.75, 3.05) is 23.8 Å². The smallest absolute Gasteiger partial charge is 0.254 e. The van der Waals surface area contributed by atoms with Crippen LogP contribution in [0.1, 0.15) is 16.8 Å². The third-order valence-corrected chi connectivity index (χ3v) is 4.29. The Balaban J connectivity index is 1.92. The van der Waals surface area contributed by atoms with Gasteiger partial charge >= 0.3 is 0 Å². The number of alkyl halides is 2. The van der Waals surface area contributed by atoms with Gasteiger partial charge in [0.1, 0.15) is 5.56 Å². The zero-order valence-corrected chi connectivity index (χ0v) is 15.2. The first kappa shape index (κ1) is 19.5. The molecule has 0 spiro atoms. The Kier molecular flexibility index (Phi) is 5.69. The molecule has 2 aromatic heterocycles. The molecule has 0 saturated carbocycles. The quantitative estimate of drug-likeness (QED) is 0.468. The van der Waals surface area contributed by atoms with Gasteiger partial charge in [0.2, 0.25) is 12.4 Å². The van der Waals surface area contributed by atoms with Gasteiger partial charge < -0.3 is 26.7 Å². The molecule has 3 aromatic rings. The van der Waals surface area contributed by atoms with Crippen molar-refractivity contribution >= 4 is 34.3 Å². The lowest BCUT2D eigenvalue weighted by molar-refractivity contribution is 0.1000. The summed E-state index contributed by atoms with van der Waals surface area (Å²) >= 11 is 0. The molecule has 0 aliphatic rings. The topological polar surface area (TPSA) is 126 Å². The fourth-order valence-corrected chi connectivity index (χ4v) is 2.90. The molecule has 1 atom stereocenters. The van der Waals surface area contributed by atoms with Gasteiger partial charge in [0.05, 0.1) is 5.69 Å². The minimum Gasteiger partial charge on any atom is -0.365 e. The van der Waals surface area contributed by atoms with Crippen molar-refractivity contribution in [3.8, 4) is 0 Å². The number of carbonyl (C=O) groups is 1. The number of fused-ring (bicyclic) bond motifs is 1. The number of nitrogens with zero attached hydrogens (tertiary/aromatic N) is 3. The number of rotatable bonds is 8. The van der Waals surface area contributed by atoms with E-state index in [9.17, 15) is 13.6 Å². The number of nitrogens with two attached hydrogens (primary N) is 2. The number of halogens is 2. The van der Waals surface area contributed by atoms with Crippen LogP contribution < -0.4 is 21.7 Å². The molecule has 148 valence electrons. The Morgan fingerprint density at radius 1 is 1.36 bits per heavy atom.